The van der Waals surface area contributed by atoms with E-state index in [0.29, 0.717) is 12.0 Å². The number of nitrogens with one attached hydrogen (secondary N) is 1. The quantitative estimate of drug-likeness (QED) is 0.925. The lowest BCUT2D eigenvalue weighted by Gasteiger charge is -2.44. The van der Waals surface area contributed by atoms with E-state index in [1.54, 1.807) is 11.3 Å². The molecular formula is C17H24N2O2S. The second kappa shape index (κ2) is 6.30. The van der Waals surface area contributed by atoms with Crippen LogP contribution in [0.15, 0.2) is 16.8 Å². The number of hydrogen-bond donors (Lipinski definition) is 1. The van der Waals surface area contributed by atoms with Gasteiger partial charge in [0.05, 0.1) is 6.10 Å². The lowest BCUT2D eigenvalue weighted by molar-refractivity contribution is -0.142. The molecule has 1 aliphatic carbocycles. The number of thiophene rings is 1. The molecule has 5 heteroatoms. The molecule has 0 spiro atoms. The van der Waals surface area contributed by atoms with Gasteiger partial charge in [-0.3, -0.25) is 9.69 Å². The fourth-order valence-electron chi connectivity index (χ4n) is 3.83. The summed E-state index contributed by atoms with van der Waals surface area (Å²) in [6.07, 6.45) is 4.54. The molecule has 1 amide bonds. The molecule has 2 saturated heterocycles. The van der Waals surface area contributed by atoms with Gasteiger partial charge in [-0.15, -0.1) is 0 Å². The van der Waals surface area contributed by atoms with Gasteiger partial charge in [0.15, 0.2) is 0 Å². The molecule has 0 bridgehead atoms. The van der Waals surface area contributed by atoms with Gasteiger partial charge in [-0.25, -0.2) is 0 Å². The molecule has 4 nitrogen and oxygen atoms in total. The van der Waals surface area contributed by atoms with Crippen LogP contribution in [0, 0.1) is 11.8 Å². The van der Waals surface area contributed by atoms with Crippen molar-refractivity contribution < 1.29 is 9.53 Å². The molecule has 1 aromatic rings. The molecule has 3 fully saturated rings. The maximum atomic E-state index is 12.5. The van der Waals surface area contributed by atoms with Crippen molar-refractivity contribution in [3.63, 3.8) is 0 Å². The third kappa shape index (κ3) is 3.21. The molecule has 4 rings (SSSR count). The van der Waals surface area contributed by atoms with Crippen molar-refractivity contribution in [3.8, 4) is 0 Å². The van der Waals surface area contributed by atoms with E-state index in [1.165, 1.54) is 5.56 Å². The highest BCUT2D eigenvalue weighted by Gasteiger charge is 2.42. The Morgan fingerprint density at radius 3 is 3.05 bits per heavy atom. The summed E-state index contributed by atoms with van der Waals surface area (Å²) >= 11 is 1.75. The molecule has 1 saturated carbocycles. The molecule has 0 radical (unpaired) electrons. The van der Waals surface area contributed by atoms with E-state index in [9.17, 15) is 4.79 Å². The minimum Gasteiger partial charge on any atom is -0.378 e. The molecule has 1 aromatic heterocycles. The summed E-state index contributed by atoms with van der Waals surface area (Å²) in [5.41, 5.74) is 1.39. The Balaban J connectivity index is 1.41. The number of ether oxygens (including phenoxy) is 1. The van der Waals surface area contributed by atoms with Crippen LogP contribution in [0.2, 0.25) is 0 Å². The normalized spacial score (nSPS) is 32.5. The molecule has 0 aromatic carbocycles. The zero-order valence-electron chi connectivity index (χ0n) is 12.9. The summed E-state index contributed by atoms with van der Waals surface area (Å²) in [5, 5.41) is 7.57. The van der Waals surface area contributed by atoms with Crippen molar-refractivity contribution in [3.05, 3.63) is 22.4 Å². The number of carbonyl (C=O) groups is 1. The molecule has 1 N–H and O–H groups in total. The zero-order valence-corrected chi connectivity index (χ0v) is 13.7. The first kappa shape index (κ1) is 14.7. The van der Waals surface area contributed by atoms with Crippen LogP contribution in [-0.4, -0.2) is 42.6 Å². The van der Waals surface area contributed by atoms with Crippen molar-refractivity contribution >= 4 is 17.2 Å². The van der Waals surface area contributed by atoms with Gasteiger partial charge in [0, 0.05) is 44.1 Å². The van der Waals surface area contributed by atoms with Crippen molar-refractivity contribution in [1.82, 2.24) is 10.2 Å². The maximum Gasteiger partial charge on any atom is 0.223 e. The lowest BCUT2D eigenvalue weighted by atomic mass is 9.79. The van der Waals surface area contributed by atoms with Crippen LogP contribution < -0.4 is 5.32 Å². The monoisotopic (exact) mass is 320 g/mol. The Kier molecular flexibility index (Phi) is 4.20. The topological polar surface area (TPSA) is 41.6 Å². The molecule has 3 aliphatic rings. The number of piperidine rings is 1. The van der Waals surface area contributed by atoms with E-state index in [0.717, 1.165) is 51.9 Å². The van der Waals surface area contributed by atoms with E-state index in [4.69, 9.17) is 4.74 Å². The van der Waals surface area contributed by atoms with E-state index in [-0.39, 0.29) is 17.9 Å². The maximum absolute atomic E-state index is 12.5. The number of likely N-dealkylation sites (tertiary alicyclic amines) is 1. The first-order chi connectivity index (χ1) is 10.8. The standard InChI is InChI=1S/C17H24N2O2S/c20-17(18-13-1-2-13)14-4-7-21-16-3-6-19(10-15(14)16)9-12-5-8-22-11-12/h5,8,11,13-16H,1-4,6-7,9-10H2,(H,18,20)/t14-,15+,16-/m1/s1. The van der Waals surface area contributed by atoms with Crippen LogP contribution in [0.4, 0.5) is 0 Å². The third-order valence-corrected chi connectivity index (χ3v) is 5.93. The zero-order chi connectivity index (χ0) is 14.9. The summed E-state index contributed by atoms with van der Waals surface area (Å²) in [4.78, 5) is 15.0. The molecule has 120 valence electrons. The highest BCUT2D eigenvalue weighted by Crippen LogP contribution is 2.34. The van der Waals surface area contributed by atoms with Crippen LogP contribution >= 0.6 is 11.3 Å². The molecular weight excluding hydrogens is 296 g/mol. The predicted octanol–water partition coefficient (Wildman–Crippen LogP) is 2.25. The summed E-state index contributed by atoms with van der Waals surface area (Å²) in [6.45, 7) is 3.81. The van der Waals surface area contributed by atoms with Crippen molar-refractivity contribution in [2.75, 3.05) is 19.7 Å². The highest BCUT2D eigenvalue weighted by atomic mass is 32.1. The molecule has 2 aliphatic heterocycles. The van der Waals surface area contributed by atoms with E-state index in [2.05, 4.69) is 27.0 Å². The summed E-state index contributed by atoms with van der Waals surface area (Å²) < 4.78 is 5.96. The average molecular weight is 320 g/mol. The summed E-state index contributed by atoms with van der Waals surface area (Å²) in [5.74, 6) is 0.780. The fourth-order valence-corrected chi connectivity index (χ4v) is 4.49. The highest BCUT2D eigenvalue weighted by molar-refractivity contribution is 7.07. The van der Waals surface area contributed by atoms with Gasteiger partial charge in [0.2, 0.25) is 5.91 Å². The number of fused-ring (bicyclic) bond motifs is 1. The van der Waals surface area contributed by atoms with Crippen LogP contribution in [0.5, 0.6) is 0 Å². The Morgan fingerprint density at radius 2 is 2.27 bits per heavy atom. The van der Waals surface area contributed by atoms with Crippen molar-refractivity contribution in [1.29, 1.82) is 0 Å². The van der Waals surface area contributed by atoms with Gasteiger partial charge in [0.1, 0.15) is 0 Å². The summed E-state index contributed by atoms with van der Waals surface area (Å²) in [6, 6.07) is 2.66. The molecule has 22 heavy (non-hydrogen) atoms. The Morgan fingerprint density at radius 1 is 1.36 bits per heavy atom. The SMILES string of the molecule is O=C(NC1CC1)[C@@H]1CCO[C@@H]2CCN(Cc3ccsc3)C[C@H]21. The minimum atomic E-state index is 0.143. The molecule has 3 heterocycles. The van der Waals surface area contributed by atoms with Crippen LogP contribution in [0.3, 0.4) is 0 Å². The second-order valence-electron chi connectivity index (χ2n) is 6.91. The van der Waals surface area contributed by atoms with Crippen LogP contribution in [0.1, 0.15) is 31.2 Å². The minimum absolute atomic E-state index is 0.143. The number of amides is 1. The average Bonchev–Trinajstić information content (AvgIpc) is 3.20. The van der Waals surface area contributed by atoms with Crippen LogP contribution in [0.25, 0.3) is 0 Å². The predicted molar refractivity (Wildman–Crippen MR) is 86.7 cm³/mol. The Hall–Kier alpha value is -0.910. The molecule has 0 unspecified atom stereocenters. The van der Waals surface area contributed by atoms with E-state index < -0.39 is 0 Å². The number of rotatable bonds is 4. The Labute approximate surface area is 135 Å². The third-order valence-electron chi connectivity index (χ3n) is 5.20. The van der Waals surface area contributed by atoms with Crippen LogP contribution in [-0.2, 0) is 16.1 Å². The lowest BCUT2D eigenvalue weighted by Crippen LogP contribution is -2.53. The van der Waals surface area contributed by atoms with Gasteiger partial charge in [-0.2, -0.15) is 11.3 Å². The summed E-state index contributed by atoms with van der Waals surface area (Å²) in [7, 11) is 0. The smallest absolute Gasteiger partial charge is 0.223 e. The molecule has 3 atom stereocenters. The van der Waals surface area contributed by atoms with E-state index in [1.807, 2.05) is 0 Å². The Bertz CT molecular complexity index is 515. The van der Waals surface area contributed by atoms with Crippen molar-refractivity contribution in [2.24, 2.45) is 11.8 Å². The number of carbonyl (C=O) groups excluding carboxylic acids is 1. The fraction of sp³-hybridized carbons (Fsp3) is 0.706. The second-order valence-corrected chi connectivity index (χ2v) is 7.69. The first-order valence-corrected chi connectivity index (χ1v) is 9.39. The number of hydrogen-bond acceptors (Lipinski definition) is 4. The largest absolute Gasteiger partial charge is 0.378 e. The van der Waals surface area contributed by atoms with Gasteiger partial charge in [-0.1, -0.05) is 0 Å². The van der Waals surface area contributed by atoms with Gasteiger partial charge < -0.3 is 10.1 Å². The first-order valence-electron chi connectivity index (χ1n) is 8.45. The van der Waals surface area contributed by atoms with Gasteiger partial charge in [0.25, 0.3) is 0 Å². The van der Waals surface area contributed by atoms with Gasteiger partial charge >= 0.3 is 0 Å². The van der Waals surface area contributed by atoms with E-state index >= 15 is 0 Å². The van der Waals surface area contributed by atoms with Gasteiger partial charge in [-0.05, 0) is 48.1 Å². The number of nitrogens with zero attached hydrogens (tertiary/aromatic N) is 1. The van der Waals surface area contributed by atoms with Crippen molar-refractivity contribution in [2.45, 2.75) is 44.4 Å².